The van der Waals surface area contributed by atoms with E-state index >= 15 is 0 Å². The number of nitrogens with zero attached hydrogens (tertiary/aromatic N) is 3. The van der Waals surface area contributed by atoms with Crippen LogP contribution >= 0.6 is 23.1 Å². The molecule has 10 heteroatoms. The molecule has 0 aliphatic heterocycles. The highest BCUT2D eigenvalue weighted by Gasteiger charge is 2.17. The number of hydrogen-bond acceptors (Lipinski definition) is 7. The minimum absolute atomic E-state index is 0.151. The summed E-state index contributed by atoms with van der Waals surface area (Å²) in [6.07, 6.45) is 0. The summed E-state index contributed by atoms with van der Waals surface area (Å²) in [7, 11) is 1.59. The predicted molar refractivity (Wildman–Crippen MR) is 129 cm³/mol. The molecule has 0 saturated carbocycles. The van der Waals surface area contributed by atoms with Crippen LogP contribution < -0.4 is 15.4 Å². The first-order valence-corrected chi connectivity index (χ1v) is 11.9. The Morgan fingerprint density at radius 3 is 2.52 bits per heavy atom. The van der Waals surface area contributed by atoms with E-state index < -0.39 is 0 Å². The first-order valence-electron chi connectivity index (χ1n) is 10.0. The van der Waals surface area contributed by atoms with Crippen molar-refractivity contribution in [3.05, 3.63) is 82.8 Å². The summed E-state index contributed by atoms with van der Waals surface area (Å²) in [5.74, 6) is 1.11. The Bertz CT molecular complexity index is 1210. The van der Waals surface area contributed by atoms with Crippen molar-refractivity contribution < 1.29 is 14.3 Å². The summed E-state index contributed by atoms with van der Waals surface area (Å²) < 4.78 is 6.98. The van der Waals surface area contributed by atoms with E-state index in [9.17, 15) is 9.59 Å². The molecule has 2 N–H and O–H groups in total. The summed E-state index contributed by atoms with van der Waals surface area (Å²) in [6.45, 7) is 0.206. The molecule has 2 aromatic carbocycles. The predicted octanol–water partition coefficient (Wildman–Crippen LogP) is 4.00. The number of methoxy groups -OCH3 is 1. The Hall–Kier alpha value is -3.63. The van der Waals surface area contributed by atoms with Gasteiger partial charge in [0.1, 0.15) is 5.75 Å². The van der Waals surface area contributed by atoms with Crippen molar-refractivity contribution in [2.24, 2.45) is 0 Å². The summed E-state index contributed by atoms with van der Waals surface area (Å²) in [4.78, 5) is 25.4. The lowest BCUT2D eigenvalue weighted by Crippen LogP contribution is -2.24. The standard InChI is InChI=1S/C23H21N5O3S2/c1-31-18-11-9-16(10-12-18)25-21(29)15-33-23-27-26-20(28(23)17-6-3-2-4-7-17)14-24-22(30)19-8-5-13-32-19/h2-13H,14-15H2,1H3,(H,24,30)(H,25,29). The van der Waals surface area contributed by atoms with Crippen LogP contribution in [-0.2, 0) is 11.3 Å². The molecule has 33 heavy (non-hydrogen) atoms. The number of benzene rings is 2. The third kappa shape index (κ3) is 5.79. The minimum Gasteiger partial charge on any atom is -0.497 e. The van der Waals surface area contributed by atoms with Gasteiger partial charge in [-0.1, -0.05) is 36.0 Å². The molecule has 8 nitrogen and oxygen atoms in total. The molecule has 4 rings (SSSR count). The third-order valence-corrected chi connectivity index (χ3v) is 6.37. The molecule has 0 atom stereocenters. The van der Waals surface area contributed by atoms with Crippen LogP contribution in [0.5, 0.6) is 5.75 Å². The number of aromatic nitrogens is 3. The average molecular weight is 480 g/mol. The maximum absolute atomic E-state index is 12.5. The van der Waals surface area contributed by atoms with Gasteiger partial charge in [-0.3, -0.25) is 14.2 Å². The van der Waals surface area contributed by atoms with Gasteiger partial charge in [-0.25, -0.2) is 0 Å². The van der Waals surface area contributed by atoms with Crippen molar-refractivity contribution in [2.45, 2.75) is 11.7 Å². The monoisotopic (exact) mass is 479 g/mol. The molecule has 0 radical (unpaired) electrons. The van der Waals surface area contributed by atoms with Crippen LogP contribution in [-0.4, -0.2) is 39.4 Å². The maximum atomic E-state index is 12.5. The fourth-order valence-electron chi connectivity index (χ4n) is 3.00. The lowest BCUT2D eigenvalue weighted by Gasteiger charge is -2.11. The van der Waals surface area contributed by atoms with Crippen molar-refractivity contribution in [1.29, 1.82) is 0 Å². The van der Waals surface area contributed by atoms with Crippen molar-refractivity contribution >= 4 is 40.6 Å². The molecule has 4 aromatic rings. The molecule has 2 amide bonds. The van der Waals surface area contributed by atoms with Gasteiger partial charge in [0.2, 0.25) is 5.91 Å². The number of carbonyl (C=O) groups excluding carboxylic acids is 2. The number of carbonyl (C=O) groups is 2. The fourth-order valence-corrected chi connectivity index (χ4v) is 4.41. The molecule has 0 fully saturated rings. The van der Waals surface area contributed by atoms with Gasteiger partial charge in [0.25, 0.3) is 5.91 Å². The highest BCUT2D eigenvalue weighted by atomic mass is 32.2. The van der Waals surface area contributed by atoms with E-state index in [1.54, 1.807) is 37.4 Å². The normalized spacial score (nSPS) is 10.6. The van der Waals surface area contributed by atoms with Crippen molar-refractivity contribution in [2.75, 3.05) is 18.2 Å². The van der Waals surface area contributed by atoms with E-state index in [1.165, 1.54) is 23.1 Å². The van der Waals surface area contributed by atoms with Gasteiger partial charge >= 0.3 is 0 Å². The number of thiophene rings is 1. The lowest BCUT2D eigenvalue weighted by atomic mass is 10.3. The number of anilines is 1. The highest BCUT2D eigenvalue weighted by Crippen LogP contribution is 2.23. The fraction of sp³-hybridized carbons (Fsp3) is 0.130. The van der Waals surface area contributed by atoms with Gasteiger partial charge in [0.05, 0.1) is 24.3 Å². The van der Waals surface area contributed by atoms with E-state index in [2.05, 4.69) is 20.8 Å². The lowest BCUT2D eigenvalue weighted by molar-refractivity contribution is -0.113. The van der Waals surface area contributed by atoms with Crippen LogP contribution in [0.1, 0.15) is 15.5 Å². The van der Waals surface area contributed by atoms with E-state index in [1.807, 2.05) is 46.3 Å². The molecule has 0 aliphatic carbocycles. The van der Waals surface area contributed by atoms with E-state index in [-0.39, 0.29) is 24.1 Å². The number of rotatable bonds is 9. The first kappa shape index (κ1) is 22.6. The second kappa shape index (κ2) is 10.8. The van der Waals surface area contributed by atoms with Crippen molar-refractivity contribution in [1.82, 2.24) is 20.1 Å². The van der Waals surface area contributed by atoms with E-state index in [4.69, 9.17) is 4.74 Å². The second-order valence-electron chi connectivity index (χ2n) is 6.80. The van der Waals surface area contributed by atoms with Gasteiger partial charge in [0, 0.05) is 11.4 Å². The van der Waals surface area contributed by atoms with E-state index in [0.717, 1.165) is 11.4 Å². The van der Waals surface area contributed by atoms with Crippen molar-refractivity contribution in [3.8, 4) is 11.4 Å². The Morgan fingerprint density at radius 1 is 1.03 bits per heavy atom. The quantitative estimate of drug-likeness (QED) is 0.352. The summed E-state index contributed by atoms with van der Waals surface area (Å²) >= 11 is 2.65. The first-order chi connectivity index (χ1) is 16.1. The molecule has 2 heterocycles. The maximum Gasteiger partial charge on any atom is 0.261 e. The summed E-state index contributed by atoms with van der Waals surface area (Å²) in [5.41, 5.74) is 1.53. The number of ether oxygens (including phenoxy) is 1. The highest BCUT2D eigenvalue weighted by molar-refractivity contribution is 7.99. The van der Waals surface area contributed by atoms with Crippen LogP contribution in [0.2, 0.25) is 0 Å². The van der Waals surface area contributed by atoms with Crippen molar-refractivity contribution in [3.63, 3.8) is 0 Å². The Morgan fingerprint density at radius 2 is 1.82 bits per heavy atom. The number of nitrogens with one attached hydrogen (secondary N) is 2. The molecular formula is C23H21N5O3S2. The molecule has 0 saturated heterocycles. The number of para-hydroxylation sites is 1. The molecule has 0 aliphatic rings. The van der Waals surface area contributed by atoms with Crippen LogP contribution in [0.15, 0.2) is 77.3 Å². The molecule has 0 unspecified atom stereocenters. The van der Waals surface area contributed by atoms with Gasteiger partial charge < -0.3 is 15.4 Å². The van der Waals surface area contributed by atoms with Gasteiger partial charge in [-0.15, -0.1) is 21.5 Å². The Kier molecular flexibility index (Phi) is 7.38. The molecular weight excluding hydrogens is 458 g/mol. The zero-order valence-corrected chi connectivity index (χ0v) is 19.4. The molecule has 0 spiro atoms. The van der Waals surface area contributed by atoms with Gasteiger partial charge in [-0.2, -0.15) is 0 Å². The van der Waals surface area contributed by atoms with Crippen LogP contribution in [0.25, 0.3) is 5.69 Å². The van der Waals surface area contributed by atoms with E-state index in [0.29, 0.717) is 21.5 Å². The van der Waals surface area contributed by atoms with Crippen LogP contribution in [0, 0.1) is 0 Å². The SMILES string of the molecule is COc1ccc(NC(=O)CSc2nnc(CNC(=O)c3cccs3)n2-c2ccccc2)cc1. The largest absolute Gasteiger partial charge is 0.497 e. The number of hydrogen-bond donors (Lipinski definition) is 2. The Balaban J connectivity index is 1.45. The van der Waals surface area contributed by atoms with Gasteiger partial charge in [0.15, 0.2) is 11.0 Å². The summed E-state index contributed by atoms with van der Waals surface area (Å²) in [5, 5.41) is 16.7. The third-order valence-electron chi connectivity index (χ3n) is 4.57. The smallest absolute Gasteiger partial charge is 0.261 e. The molecule has 2 aromatic heterocycles. The zero-order valence-electron chi connectivity index (χ0n) is 17.7. The van der Waals surface area contributed by atoms with Crippen LogP contribution in [0.3, 0.4) is 0 Å². The van der Waals surface area contributed by atoms with Crippen LogP contribution in [0.4, 0.5) is 5.69 Å². The molecule has 0 bridgehead atoms. The second-order valence-corrected chi connectivity index (χ2v) is 8.69. The average Bonchev–Trinajstić information content (AvgIpc) is 3.53. The Labute approximate surface area is 199 Å². The molecule has 168 valence electrons. The summed E-state index contributed by atoms with van der Waals surface area (Å²) in [6, 6.07) is 20.3. The number of thioether (sulfide) groups is 1. The minimum atomic E-state index is -0.166. The van der Waals surface area contributed by atoms with Gasteiger partial charge in [-0.05, 0) is 47.8 Å². The zero-order chi connectivity index (χ0) is 23.0. The number of amides is 2. The topological polar surface area (TPSA) is 98.1 Å².